The summed E-state index contributed by atoms with van der Waals surface area (Å²) < 4.78 is 12.9. The molecule has 4 aromatic rings. The highest BCUT2D eigenvalue weighted by Crippen LogP contribution is 2.32. The second-order valence-corrected chi connectivity index (χ2v) is 9.05. The number of rotatable bonds is 9. The Labute approximate surface area is 206 Å². The summed E-state index contributed by atoms with van der Waals surface area (Å²) in [4.78, 5) is 3.98. The van der Waals surface area contributed by atoms with Gasteiger partial charge in [0.25, 0.3) is 0 Å². The molecule has 0 bridgehead atoms. The number of ether oxygens (including phenoxy) is 2. The van der Waals surface area contributed by atoms with Gasteiger partial charge in [0.2, 0.25) is 0 Å². The van der Waals surface area contributed by atoms with Gasteiger partial charge in [0.1, 0.15) is 5.75 Å². The number of fused-ring (bicyclic) bond motifs is 1. The zero-order valence-corrected chi connectivity index (χ0v) is 20.5. The zero-order chi connectivity index (χ0) is 23.4. The molecule has 1 unspecified atom stereocenters. The molecule has 6 nitrogen and oxygen atoms in total. The number of hydrogen-bond donors (Lipinski definition) is 1. The highest BCUT2D eigenvalue weighted by atomic mass is 35.5. The van der Waals surface area contributed by atoms with Crippen molar-refractivity contribution in [2.75, 3.05) is 13.4 Å². The van der Waals surface area contributed by atoms with Crippen LogP contribution in [0.4, 0.5) is 0 Å². The maximum Gasteiger partial charge on any atom is 0.118 e. The number of hydrogen-bond acceptors (Lipinski definition) is 6. The van der Waals surface area contributed by atoms with Crippen molar-refractivity contribution in [3.05, 3.63) is 87.3 Å². The quantitative estimate of drug-likeness (QED) is 0.293. The van der Waals surface area contributed by atoms with E-state index in [1.54, 1.807) is 18.9 Å². The topological polar surface area (TPSA) is 68.9 Å². The summed E-state index contributed by atoms with van der Waals surface area (Å²) in [6.45, 7) is 0.806. The molecule has 0 fully saturated rings. The highest BCUT2D eigenvalue weighted by molar-refractivity contribution is 7.98. The van der Waals surface area contributed by atoms with Gasteiger partial charge in [-0.2, -0.15) is 5.10 Å². The SMILES string of the molecule is COc1ccc(COCc2cc3c(C(O)Cc4c(Cl)cncc4Cl)ccc(SC)n3n2)cc1. The lowest BCUT2D eigenvalue weighted by atomic mass is 10.0. The molecule has 0 saturated carbocycles. The van der Waals surface area contributed by atoms with Gasteiger partial charge in [0, 0.05) is 24.4 Å². The first-order valence-corrected chi connectivity index (χ1v) is 12.2. The number of pyridine rings is 2. The van der Waals surface area contributed by atoms with Gasteiger partial charge < -0.3 is 14.6 Å². The van der Waals surface area contributed by atoms with Gasteiger partial charge in [-0.25, -0.2) is 4.52 Å². The van der Waals surface area contributed by atoms with Crippen LogP contribution in [-0.4, -0.2) is 33.1 Å². The van der Waals surface area contributed by atoms with Crippen molar-refractivity contribution in [3.63, 3.8) is 0 Å². The van der Waals surface area contributed by atoms with Crippen LogP contribution < -0.4 is 4.74 Å². The molecule has 0 aliphatic heterocycles. The van der Waals surface area contributed by atoms with E-state index in [0.717, 1.165) is 33.1 Å². The van der Waals surface area contributed by atoms with E-state index in [1.165, 1.54) is 12.4 Å². The maximum absolute atomic E-state index is 11.0. The molecule has 3 heterocycles. The van der Waals surface area contributed by atoms with Gasteiger partial charge in [-0.3, -0.25) is 4.98 Å². The Morgan fingerprint density at radius 2 is 1.79 bits per heavy atom. The number of halogens is 2. The number of methoxy groups -OCH3 is 1. The van der Waals surface area contributed by atoms with E-state index in [-0.39, 0.29) is 6.42 Å². The molecule has 1 aromatic carbocycles. The van der Waals surface area contributed by atoms with Gasteiger partial charge >= 0.3 is 0 Å². The van der Waals surface area contributed by atoms with Gasteiger partial charge in [0.05, 0.1) is 52.7 Å². The minimum Gasteiger partial charge on any atom is -0.497 e. The summed E-state index contributed by atoms with van der Waals surface area (Å²) >= 11 is 14.1. The summed E-state index contributed by atoms with van der Waals surface area (Å²) in [7, 11) is 1.64. The molecule has 0 aliphatic carbocycles. The molecule has 172 valence electrons. The van der Waals surface area contributed by atoms with Crippen LogP contribution in [0.5, 0.6) is 5.75 Å². The Bertz CT molecular complexity index is 1230. The van der Waals surface area contributed by atoms with Crippen molar-refractivity contribution < 1.29 is 14.6 Å². The predicted octanol–water partition coefficient (Wildman–Crippen LogP) is 5.76. The smallest absolute Gasteiger partial charge is 0.118 e. The van der Waals surface area contributed by atoms with Crippen molar-refractivity contribution >= 4 is 40.5 Å². The average Bonchev–Trinajstić information content (AvgIpc) is 3.25. The number of aliphatic hydroxyl groups excluding tert-OH is 1. The number of benzene rings is 1. The van der Waals surface area contributed by atoms with Crippen molar-refractivity contribution in [1.29, 1.82) is 0 Å². The largest absolute Gasteiger partial charge is 0.497 e. The second kappa shape index (κ2) is 10.8. The molecule has 1 atom stereocenters. The standard InChI is InChI=1S/C24H23Cl2N3O3S/c1-31-17-5-3-15(4-6-17)13-32-14-16-9-22-18(7-8-24(33-2)29(22)28-16)23(30)10-19-20(25)11-27-12-21(19)26/h3-9,11-12,23,30H,10,13-14H2,1-2H3. The second-order valence-electron chi connectivity index (χ2n) is 7.41. The molecule has 9 heteroatoms. The van der Waals surface area contributed by atoms with Crippen molar-refractivity contribution in [2.45, 2.75) is 30.8 Å². The Morgan fingerprint density at radius 3 is 2.45 bits per heavy atom. The monoisotopic (exact) mass is 503 g/mol. The molecular formula is C24H23Cl2N3O3S. The Hall–Kier alpha value is -2.29. The molecule has 1 N–H and O–H groups in total. The normalized spacial score (nSPS) is 12.3. The summed E-state index contributed by atoms with van der Waals surface area (Å²) in [5.41, 5.74) is 4.05. The van der Waals surface area contributed by atoms with E-state index >= 15 is 0 Å². The van der Waals surface area contributed by atoms with Crippen LogP contribution >= 0.6 is 35.0 Å². The summed E-state index contributed by atoms with van der Waals surface area (Å²) in [5, 5.41) is 17.6. The minimum absolute atomic E-state index is 0.267. The summed E-state index contributed by atoms with van der Waals surface area (Å²) in [6, 6.07) is 13.6. The van der Waals surface area contributed by atoms with Crippen LogP contribution in [-0.2, 0) is 24.4 Å². The molecule has 3 aromatic heterocycles. The fourth-order valence-electron chi connectivity index (χ4n) is 3.56. The van der Waals surface area contributed by atoms with E-state index in [2.05, 4.69) is 4.98 Å². The third kappa shape index (κ3) is 5.45. The van der Waals surface area contributed by atoms with Crippen LogP contribution in [0.25, 0.3) is 5.52 Å². The van der Waals surface area contributed by atoms with Crippen molar-refractivity contribution in [1.82, 2.24) is 14.6 Å². The number of aliphatic hydroxyl groups is 1. The minimum atomic E-state index is -0.814. The van der Waals surface area contributed by atoms with E-state index in [4.69, 9.17) is 37.8 Å². The molecule has 0 radical (unpaired) electrons. The lowest BCUT2D eigenvalue weighted by molar-refractivity contribution is 0.104. The van der Waals surface area contributed by atoms with Crippen LogP contribution in [0, 0.1) is 0 Å². The van der Waals surface area contributed by atoms with Crippen LogP contribution in [0.2, 0.25) is 10.0 Å². The average molecular weight is 504 g/mol. The zero-order valence-electron chi connectivity index (χ0n) is 18.2. The molecule has 0 spiro atoms. The number of nitrogens with zero attached hydrogens (tertiary/aromatic N) is 3. The molecule has 0 aliphatic rings. The van der Waals surface area contributed by atoms with Crippen LogP contribution in [0.15, 0.2) is 59.9 Å². The summed E-state index contributed by atoms with van der Waals surface area (Å²) in [5.74, 6) is 0.809. The Morgan fingerprint density at radius 1 is 1.06 bits per heavy atom. The molecule has 4 rings (SSSR count). The fraction of sp³-hybridized carbons (Fsp3) is 0.250. The predicted molar refractivity (Wildman–Crippen MR) is 131 cm³/mol. The highest BCUT2D eigenvalue weighted by Gasteiger charge is 2.19. The Kier molecular flexibility index (Phi) is 7.78. The van der Waals surface area contributed by atoms with Crippen LogP contribution in [0.1, 0.15) is 28.5 Å². The van der Waals surface area contributed by atoms with E-state index < -0.39 is 6.10 Å². The van der Waals surface area contributed by atoms with Crippen LogP contribution in [0.3, 0.4) is 0 Å². The molecule has 33 heavy (non-hydrogen) atoms. The third-order valence-corrected chi connectivity index (χ3v) is 6.64. The molecule has 0 amide bonds. The van der Waals surface area contributed by atoms with E-state index in [0.29, 0.717) is 28.8 Å². The molecule has 0 saturated heterocycles. The maximum atomic E-state index is 11.0. The first-order valence-electron chi connectivity index (χ1n) is 10.2. The molecular weight excluding hydrogens is 481 g/mol. The lowest BCUT2D eigenvalue weighted by Crippen LogP contribution is -2.06. The van der Waals surface area contributed by atoms with E-state index in [9.17, 15) is 5.11 Å². The first kappa shape index (κ1) is 23.9. The number of aromatic nitrogens is 3. The van der Waals surface area contributed by atoms with Gasteiger partial charge in [-0.05, 0) is 41.6 Å². The lowest BCUT2D eigenvalue weighted by Gasteiger charge is -2.15. The van der Waals surface area contributed by atoms with Crippen molar-refractivity contribution in [2.24, 2.45) is 0 Å². The summed E-state index contributed by atoms with van der Waals surface area (Å²) in [6.07, 6.45) is 4.50. The van der Waals surface area contributed by atoms with Crippen molar-refractivity contribution in [3.8, 4) is 5.75 Å². The third-order valence-electron chi connectivity index (χ3n) is 5.27. The number of thioether (sulfide) groups is 1. The van der Waals surface area contributed by atoms with Gasteiger partial charge in [-0.1, -0.05) is 41.4 Å². The van der Waals surface area contributed by atoms with Gasteiger partial charge in [0.15, 0.2) is 0 Å². The Balaban J connectivity index is 1.54. The fourth-order valence-corrected chi connectivity index (χ4v) is 4.59. The van der Waals surface area contributed by atoms with Gasteiger partial charge in [-0.15, -0.1) is 11.8 Å². The first-order chi connectivity index (χ1) is 16.0. The van der Waals surface area contributed by atoms with E-state index in [1.807, 2.05) is 53.2 Å².